The van der Waals surface area contributed by atoms with Gasteiger partial charge in [-0.05, 0) is 55.3 Å². The van der Waals surface area contributed by atoms with Crippen LogP contribution in [-0.2, 0) is 34.3 Å². The highest BCUT2D eigenvalue weighted by atomic mass is 32.2. The molecule has 9 nitrogen and oxygen atoms in total. The lowest BCUT2D eigenvalue weighted by Crippen LogP contribution is -2.26. The van der Waals surface area contributed by atoms with Crippen LogP contribution in [0.25, 0.3) is 5.78 Å². The van der Waals surface area contributed by atoms with Crippen LogP contribution < -0.4 is 10.0 Å². The monoisotopic (exact) mass is 482 g/mol. The van der Waals surface area contributed by atoms with Gasteiger partial charge in [0.1, 0.15) is 5.82 Å². The number of rotatable bonds is 8. The van der Waals surface area contributed by atoms with Gasteiger partial charge in [0, 0.05) is 24.5 Å². The number of aromatic nitrogens is 4. The summed E-state index contributed by atoms with van der Waals surface area (Å²) in [6.07, 6.45) is -0.0327. The van der Waals surface area contributed by atoms with Crippen LogP contribution in [0.1, 0.15) is 28.3 Å². The maximum atomic E-state index is 13.3. The van der Waals surface area contributed by atoms with Crippen LogP contribution >= 0.6 is 0 Å². The van der Waals surface area contributed by atoms with E-state index in [4.69, 9.17) is 0 Å². The fourth-order valence-electron chi connectivity index (χ4n) is 3.42. The molecule has 0 atom stereocenters. The summed E-state index contributed by atoms with van der Waals surface area (Å²) < 4.78 is 42.6. The standard InChI is InChI=1S/C23H23FN6O3S/c1-15-9-16(2)30-23(27-15)28-21(29-30)12-22(31)25-13-18-6-4-8-20(11-18)34(32,33)26-14-17-5-3-7-19(24)10-17/h3-11,26H,12-14H2,1-2H3,(H,25,31). The number of carbonyl (C=O) groups is 1. The molecular formula is C23H23FN6O3S. The summed E-state index contributed by atoms with van der Waals surface area (Å²) in [5.41, 5.74) is 2.80. The summed E-state index contributed by atoms with van der Waals surface area (Å²) >= 11 is 0. The van der Waals surface area contributed by atoms with Crippen molar-refractivity contribution >= 4 is 21.7 Å². The van der Waals surface area contributed by atoms with Gasteiger partial charge in [0.25, 0.3) is 5.78 Å². The predicted molar refractivity (Wildman–Crippen MR) is 123 cm³/mol. The van der Waals surface area contributed by atoms with Crippen molar-refractivity contribution in [3.05, 3.63) is 88.8 Å². The number of carbonyl (C=O) groups excluding carboxylic acids is 1. The number of fused-ring (bicyclic) bond motifs is 1. The van der Waals surface area contributed by atoms with Gasteiger partial charge in [-0.25, -0.2) is 27.0 Å². The first-order valence-electron chi connectivity index (χ1n) is 10.5. The second-order valence-corrected chi connectivity index (χ2v) is 9.60. The molecule has 0 bridgehead atoms. The number of benzene rings is 2. The van der Waals surface area contributed by atoms with Gasteiger partial charge in [-0.15, -0.1) is 5.10 Å². The van der Waals surface area contributed by atoms with E-state index in [1.165, 1.54) is 30.3 Å². The molecule has 1 amide bonds. The highest BCUT2D eigenvalue weighted by molar-refractivity contribution is 7.89. The molecule has 2 aromatic carbocycles. The molecule has 2 N–H and O–H groups in total. The van der Waals surface area contributed by atoms with Gasteiger partial charge in [0.05, 0.1) is 11.3 Å². The summed E-state index contributed by atoms with van der Waals surface area (Å²) in [5.74, 6) is 0.0399. The van der Waals surface area contributed by atoms with Crippen molar-refractivity contribution in [2.45, 2.75) is 38.3 Å². The fourth-order valence-corrected chi connectivity index (χ4v) is 4.51. The number of hydrogen-bond donors (Lipinski definition) is 2. The molecule has 2 heterocycles. The molecular weight excluding hydrogens is 459 g/mol. The Morgan fingerprint density at radius 2 is 1.74 bits per heavy atom. The highest BCUT2D eigenvalue weighted by Crippen LogP contribution is 2.13. The first-order chi connectivity index (χ1) is 16.2. The average molecular weight is 483 g/mol. The van der Waals surface area contributed by atoms with Crippen molar-refractivity contribution in [3.8, 4) is 0 Å². The Hall–Kier alpha value is -3.70. The zero-order chi connectivity index (χ0) is 24.3. The minimum atomic E-state index is -3.82. The molecule has 0 radical (unpaired) electrons. The lowest BCUT2D eigenvalue weighted by molar-refractivity contribution is -0.120. The van der Waals surface area contributed by atoms with Gasteiger partial charge < -0.3 is 5.32 Å². The van der Waals surface area contributed by atoms with Crippen molar-refractivity contribution in [3.63, 3.8) is 0 Å². The Morgan fingerprint density at radius 3 is 2.50 bits per heavy atom. The largest absolute Gasteiger partial charge is 0.352 e. The van der Waals surface area contributed by atoms with Gasteiger partial charge in [0.15, 0.2) is 5.82 Å². The van der Waals surface area contributed by atoms with E-state index in [1.54, 1.807) is 22.7 Å². The van der Waals surface area contributed by atoms with Crippen LogP contribution in [0, 0.1) is 19.7 Å². The molecule has 11 heteroatoms. The Balaban J connectivity index is 1.37. The molecule has 0 spiro atoms. The first-order valence-corrected chi connectivity index (χ1v) is 12.0. The Bertz CT molecular complexity index is 1470. The van der Waals surface area contributed by atoms with E-state index < -0.39 is 15.8 Å². The van der Waals surface area contributed by atoms with E-state index in [1.807, 2.05) is 19.9 Å². The average Bonchev–Trinajstić information content (AvgIpc) is 3.19. The van der Waals surface area contributed by atoms with Gasteiger partial charge in [0.2, 0.25) is 15.9 Å². The fraction of sp³-hybridized carbons (Fsp3) is 0.217. The van der Waals surface area contributed by atoms with Crippen LogP contribution in [0.15, 0.2) is 59.5 Å². The van der Waals surface area contributed by atoms with Crippen molar-refractivity contribution in [2.24, 2.45) is 0 Å². The highest BCUT2D eigenvalue weighted by Gasteiger charge is 2.15. The zero-order valence-electron chi connectivity index (χ0n) is 18.6. The van der Waals surface area contributed by atoms with E-state index in [9.17, 15) is 17.6 Å². The van der Waals surface area contributed by atoms with Crippen LogP contribution in [0.3, 0.4) is 0 Å². The third kappa shape index (κ3) is 5.61. The molecule has 0 aliphatic rings. The molecule has 0 aliphatic carbocycles. The molecule has 0 aliphatic heterocycles. The Labute approximate surface area is 196 Å². The van der Waals surface area contributed by atoms with Crippen LogP contribution in [0.4, 0.5) is 4.39 Å². The summed E-state index contributed by atoms with van der Waals surface area (Å²) in [6, 6.07) is 13.8. The van der Waals surface area contributed by atoms with E-state index in [0.717, 1.165) is 11.4 Å². The molecule has 34 heavy (non-hydrogen) atoms. The maximum absolute atomic E-state index is 13.3. The smallest absolute Gasteiger partial charge is 0.252 e. The topological polar surface area (TPSA) is 118 Å². The lowest BCUT2D eigenvalue weighted by Gasteiger charge is -2.09. The molecule has 4 aromatic rings. The first kappa shape index (κ1) is 23.5. The van der Waals surface area contributed by atoms with Gasteiger partial charge in [-0.3, -0.25) is 4.79 Å². The summed E-state index contributed by atoms with van der Waals surface area (Å²) in [4.78, 5) is 21.1. The van der Waals surface area contributed by atoms with E-state index >= 15 is 0 Å². The van der Waals surface area contributed by atoms with E-state index in [0.29, 0.717) is 22.7 Å². The zero-order valence-corrected chi connectivity index (χ0v) is 19.4. The van der Waals surface area contributed by atoms with Crippen LogP contribution in [0.5, 0.6) is 0 Å². The van der Waals surface area contributed by atoms with Crippen molar-refractivity contribution in [1.82, 2.24) is 29.6 Å². The number of hydrogen-bond acceptors (Lipinski definition) is 6. The Morgan fingerprint density at radius 1 is 1.00 bits per heavy atom. The maximum Gasteiger partial charge on any atom is 0.252 e. The molecule has 176 valence electrons. The quantitative estimate of drug-likeness (QED) is 0.398. The molecule has 4 rings (SSSR count). The molecule has 0 unspecified atom stereocenters. The molecule has 0 saturated heterocycles. The molecule has 0 saturated carbocycles. The SMILES string of the molecule is Cc1cc(C)n2nc(CC(=O)NCc3cccc(S(=O)(=O)NCc4cccc(F)c4)c3)nc2n1. The summed E-state index contributed by atoms with van der Waals surface area (Å²) in [6.45, 7) is 3.84. The number of nitrogens with one attached hydrogen (secondary N) is 2. The number of sulfonamides is 1. The number of halogens is 1. The summed E-state index contributed by atoms with van der Waals surface area (Å²) in [7, 11) is -3.82. The minimum absolute atomic E-state index is 0.0327. The number of nitrogens with zero attached hydrogens (tertiary/aromatic N) is 4. The second-order valence-electron chi connectivity index (χ2n) is 7.83. The third-order valence-electron chi connectivity index (χ3n) is 5.03. The van der Waals surface area contributed by atoms with E-state index in [2.05, 4.69) is 25.1 Å². The molecule has 2 aromatic heterocycles. The number of aryl methyl sites for hydroxylation is 2. The second kappa shape index (κ2) is 9.65. The van der Waals surface area contributed by atoms with Gasteiger partial charge in [-0.1, -0.05) is 24.3 Å². The number of amides is 1. The summed E-state index contributed by atoms with van der Waals surface area (Å²) in [5, 5.41) is 7.07. The third-order valence-corrected chi connectivity index (χ3v) is 6.43. The minimum Gasteiger partial charge on any atom is -0.352 e. The van der Waals surface area contributed by atoms with Crippen molar-refractivity contribution in [1.29, 1.82) is 0 Å². The van der Waals surface area contributed by atoms with Crippen molar-refractivity contribution in [2.75, 3.05) is 0 Å². The Kier molecular flexibility index (Phi) is 6.66. The van der Waals surface area contributed by atoms with E-state index in [-0.39, 0.29) is 30.3 Å². The van der Waals surface area contributed by atoms with Gasteiger partial charge in [-0.2, -0.15) is 4.98 Å². The van der Waals surface area contributed by atoms with Crippen molar-refractivity contribution < 1.29 is 17.6 Å². The normalized spacial score (nSPS) is 11.6. The van der Waals surface area contributed by atoms with Crippen LogP contribution in [0.2, 0.25) is 0 Å². The predicted octanol–water partition coefficient (Wildman–Crippen LogP) is 2.22. The molecule has 0 fully saturated rings. The van der Waals surface area contributed by atoms with Crippen LogP contribution in [-0.4, -0.2) is 33.9 Å². The lowest BCUT2D eigenvalue weighted by atomic mass is 10.2. The van der Waals surface area contributed by atoms with Gasteiger partial charge >= 0.3 is 0 Å².